The van der Waals surface area contributed by atoms with Crippen molar-refractivity contribution in [2.75, 3.05) is 5.32 Å². The van der Waals surface area contributed by atoms with E-state index in [9.17, 15) is 4.79 Å². The third kappa shape index (κ3) is 2.81. The van der Waals surface area contributed by atoms with Crippen molar-refractivity contribution < 1.29 is 9.21 Å². The van der Waals surface area contributed by atoms with Gasteiger partial charge in [0.05, 0.1) is 10.6 Å². The van der Waals surface area contributed by atoms with Crippen LogP contribution in [0.5, 0.6) is 0 Å². The van der Waals surface area contributed by atoms with Gasteiger partial charge in [0.1, 0.15) is 5.69 Å². The van der Waals surface area contributed by atoms with Crippen molar-refractivity contribution in [3.8, 4) is 11.6 Å². The number of aromatic nitrogens is 4. The summed E-state index contributed by atoms with van der Waals surface area (Å²) in [4.78, 5) is 12.2. The molecule has 0 radical (unpaired) electrons. The van der Waals surface area contributed by atoms with E-state index in [-0.39, 0.29) is 22.5 Å². The van der Waals surface area contributed by atoms with Crippen LogP contribution in [0.2, 0.25) is 10.0 Å². The molecular weight excluding hydrogens is 329 g/mol. The number of amides is 1. The van der Waals surface area contributed by atoms with Gasteiger partial charge in [-0.25, -0.2) is 0 Å². The number of nitrogens with one attached hydrogen (secondary N) is 1. The van der Waals surface area contributed by atoms with E-state index in [1.807, 2.05) is 0 Å². The van der Waals surface area contributed by atoms with E-state index in [1.54, 1.807) is 30.1 Å². The second-order valence-corrected chi connectivity index (χ2v) is 5.17. The highest BCUT2D eigenvalue weighted by Gasteiger charge is 2.16. The van der Waals surface area contributed by atoms with E-state index >= 15 is 0 Å². The van der Waals surface area contributed by atoms with Crippen molar-refractivity contribution in [3.63, 3.8) is 0 Å². The maximum atomic E-state index is 12.2. The molecule has 3 rings (SSSR count). The first-order valence-electron chi connectivity index (χ1n) is 6.13. The zero-order chi connectivity index (χ0) is 15.7. The number of nitrogens with zero attached hydrogens (tertiary/aromatic N) is 4. The van der Waals surface area contributed by atoms with Crippen LogP contribution in [0.4, 0.5) is 6.01 Å². The highest BCUT2D eigenvalue weighted by atomic mass is 35.5. The lowest BCUT2D eigenvalue weighted by molar-refractivity contribution is 0.102. The van der Waals surface area contributed by atoms with Crippen LogP contribution in [0.15, 0.2) is 34.9 Å². The second kappa shape index (κ2) is 5.78. The van der Waals surface area contributed by atoms with E-state index < -0.39 is 5.91 Å². The molecule has 0 aliphatic rings. The Morgan fingerprint density at radius 2 is 2.09 bits per heavy atom. The van der Waals surface area contributed by atoms with Gasteiger partial charge < -0.3 is 4.42 Å². The first-order chi connectivity index (χ1) is 10.5. The van der Waals surface area contributed by atoms with E-state index in [2.05, 4.69) is 20.6 Å². The van der Waals surface area contributed by atoms with Crippen LogP contribution in [0.1, 0.15) is 10.4 Å². The molecule has 3 aromatic rings. The van der Waals surface area contributed by atoms with Gasteiger partial charge in [0.15, 0.2) is 0 Å². The minimum absolute atomic E-state index is 0.0442. The molecule has 2 aromatic heterocycles. The molecule has 9 heteroatoms. The summed E-state index contributed by atoms with van der Waals surface area (Å²) in [6.07, 6.45) is 1.60. The molecule has 0 fully saturated rings. The number of aryl methyl sites for hydroxylation is 1. The fourth-order valence-corrected chi connectivity index (χ4v) is 2.17. The Morgan fingerprint density at radius 3 is 2.82 bits per heavy atom. The summed E-state index contributed by atoms with van der Waals surface area (Å²) in [6, 6.07) is 6.25. The molecule has 0 saturated carbocycles. The number of benzene rings is 1. The molecular formula is C13H9Cl2N5O2. The zero-order valence-corrected chi connectivity index (χ0v) is 12.8. The van der Waals surface area contributed by atoms with E-state index in [0.717, 1.165) is 0 Å². The largest absolute Gasteiger partial charge is 0.401 e. The molecule has 0 unspecified atom stereocenters. The Labute approximate surface area is 134 Å². The average molecular weight is 338 g/mol. The minimum Gasteiger partial charge on any atom is -0.401 e. The Morgan fingerprint density at radius 1 is 1.27 bits per heavy atom. The van der Waals surface area contributed by atoms with E-state index in [0.29, 0.717) is 10.7 Å². The lowest BCUT2D eigenvalue weighted by Gasteiger charge is -2.03. The van der Waals surface area contributed by atoms with E-state index in [4.69, 9.17) is 27.6 Å². The Bertz CT molecular complexity index is 843. The monoisotopic (exact) mass is 337 g/mol. The first-order valence-corrected chi connectivity index (χ1v) is 6.88. The molecule has 2 heterocycles. The van der Waals surface area contributed by atoms with Crippen molar-refractivity contribution in [3.05, 3.63) is 46.1 Å². The van der Waals surface area contributed by atoms with Gasteiger partial charge >= 0.3 is 6.01 Å². The summed E-state index contributed by atoms with van der Waals surface area (Å²) in [6.45, 7) is 0. The van der Waals surface area contributed by atoms with Crippen LogP contribution in [-0.2, 0) is 7.05 Å². The molecule has 0 aliphatic heterocycles. The van der Waals surface area contributed by atoms with Gasteiger partial charge in [0.25, 0.3) is 11.8 Å². The predicted octanol–water partition coefficient (Wildman–Crippen LogP) is 3.03. The number of hydrogen-bond donors (Lipinski definition) is 1. The fourth-order valence-electron chi connectivity index (χ4n) is 1.80. The second-order valence-electron chi connectivity index (χ2n) is 4.33. The van der Waals surface area contributed by atoms with Crippen LogP contribution >= 0.6 is 23.2 Å². The van der Waals surface area contributed by atoms with Gasteiger partial charge in [-0.3, -0.25) is 14.8 Å². The molecule has 1 aromatic carbocycles. The van der Waals surface area contributed by atoms with Crippen LogP contribution in [0, 0.1) is 0 Å². The molecule has 1 amide bonds. The maximum Gasteiger partial charge on any atom is 0.322 e. The van der Waals surface area contributed by atoms with Crippen molar-refractivity contribution in [2.24, 2.45) is 7.05 Å². The van der Waals surface area contributed by atoms with Crippen LogP contribution in [0.25, 0.3) is 11.6 Å². The molecule has 1 N–H and O–H groups in total. The third-order valence-electron chi connectivity index (χ3n) is 2.86. The molecule has 0 bridgehead atoms. The number of carbonyl (C=O) groups is 1. The quantitative estimate of drug-likeness (QED) is 0.793. The fraction of sp³-hybridized carbons (Fsp3) is 0.0769. The lowest BCUT2D eigenvalue weighted by atomic mass is 10.2. The number of carbonyl (C=O) groups excluding carboxylic acids is 1. The normalized spacial score (nSPS) is 10.7. The zero-order valence-electron chi connectivity index (χ0n) is 11.2. The summed E-state index contributed by atoms with van der Waals surface area (Å²) in [7, 11) is 1.74. The van der Waals surface area contributed by atoms with Crippen LogP contribution in [-0.4, -0.2) is 25.9 Å². The number of hydrogen-bond acceptors (Lipinski definition) is 5. The molecule has 0 saturated heterocycles. The standard InChI is InChI=1S/C13H9Cl2N5O2/c1-20-10(4-5-16-20)12-18-19-13(22-12)17-11(21)8-6-7(14)2-3-9(8)15/h2-6H,1H3,(H,17,19,21). The average Bonchev–Trinajstić information content (AvgIpc) is 3.10. The molecule has 112 valence electrons. The highest BCUT2D eigenvalue weighted by Crippen LogP contribution is 2.23. The SMILES string of the molecule is Cn1nccc1-c1nnc(NC(=O)c2cc(Cl)ccc2Cl)o1. The number of rotatable bonds is 3. The van der Waals surface area contributed by atoms with Crippen molar-refractivity contribution in [2.45, 2.75) is 0 Å². The van der Waals surface area contributed by atoms with Crippen LogP contribution < -0.4 is 5.32 Å². The van der Waals surface area contributed by atoms with Gasteiger partial charge in [-0.1, -0.05) is 28.3 Å². The summed E-state index contributed by atoms with van der Waals surface area (Å²) >= 11 is 11.8. The Hall–Kier alpha value is -2.38. The van der Waals surface area contributed by atoms with Gasteiger partial charge in [-0.2, -0.15) is 5.10 Å². The molecule has 7 nitrogen and oxygen atoms in total. The first kappa shape index (κ1) is 14.6. The number of halogens is 2. The van der Waals surface area contributed by atoms with Gasteiger partial charge in [-0.05, 0) is 24.3 Å². The van der Waals surface area contributed by atoms with Gasteiger partial charge in [-0.15, -0.1) is 5.10 Å². The third-order valence-corrected chi connectivity index (χ3v) is 3.42. The smallest absolute Gasteiger partial charge is 0.322 e. The Kier molecular flexibility index (Phi) is 3.82. The maximum absolute atomic E-state index is 12.2. The molecule has 0 spiro atoms. The highest BCUT2D eigenvalue weighted by molar-refractivity contribution is 6.36. The summed E-state index contributed by atoms with van der Waals surface area (Å²) < 4.78 is 6.96. The van der Waals surface area contributed by atoms with Gasteiger partial charge in [0.2, 0.25) is 0 Å². The topological polar surface area (TPSA) is 85.8 Å². The number of anilines is 1. The van der Waals surface area contributed by atoms with Gasteiger partial charge in [0, 0.05) is 18.3 Å². The molecule has 0 aliphatic carbocycles. The van der Waals surface area contributed by atoms with Crippen LogP contribution in [0.3, 0.4) is 0 Å². The van der Waals surface area contributed by atoms with Crippen molar-refractivity contribution in [1.82, 2.24) is 20.0 Å². The van der Waals surface area contributed by atoms with Crippen molar-refractivity contribution in [1.29, 1.82) is 0 Å². The predicted molar refractivity (Wildman–Crippen MR) is 80.9 cm³/mol. The lowest BCUT2D eigenvalue weighted by Crippen LogP contribution is -2.12. The van der Waals surface area contributed by atoms with Crippen molar-refractivity contribution >= 4 is 35.1 Å². The summed E-state index contributed by atoms with van der Waals surface area (Å²) in [5.74, 6) is -0.250. The Balaban J connectivity index is 1.82. The summed E-state index contributed by atoms with van der Waals surface area (Å²) in [5.41, 5.74) is 0.850. The summed E-state index contributed by atoms with van der Waals surface area (Å²) in [5, 5.41) is 14.8. The molecule has 0 atom stereocenters. The van der Waals surface area contributed by atoms with E-state index in [1.165, 1.54) is 12.1 Å². The molecule has 22 heavy (non-hydrogen) atoms. The minimum atomic E-state index is -0.493.